The molecule has 1 amide bonds. The van der Waals surface area contributed by atoms with Crippen molar-refractivity contribution in [2.75, 3.05) is 19.9 Å². The number of thiazole rings is 2. The van der Waals surface area contributed by atoms with Gasteiger partial charge in [0.1, 0.15) is 5.75 Å². The van der Waals surface area contributed by atoms with E-state index in [2.05, 4.69) is 80.6 Å². The predicted octanol–water partition coefficient (Wildman–Crippen LogP) is 18.6. The molecule has 466 valence electrons. The van der Waals surface area contributed by atoms with Gasteiger partial charge in [0.15, 0.2) is 16.5 Å². The molecule has 0 radical (unpaired) electrons. The summed E-state index contributed by atoms with van der Waals surface area (Å²) in [6, 6.07) is 34.2. The van der Waals surface area contributed by atoms with Crippen molar-refractivity contribution >= 4 is 65.8 Å². The van der Waals surface area contributed by atoms with E-state index in [4.69, 9.17) is 14.2 Å². The number of hydrogen-bond donors (Lipinski definition) is 1. The minimum Gasteiger partial charge on any atom is -0.493 e. The maximum atomic E-state index is 11.5. The number of aromatic amines is 1. The van der Waals surface area contributed by atoms with E-state index >= 15 is 0 Å². The number of nitrogens with zero attached hydrogens (tertiary/aromatic N) is 8. The molecule has 14 nitrogen and oxygen atoms in total. The van der Waals surface area contributed by atoms with Crippen LogP contribution < -0.4 is 19.9 Å². The molecule has 4 aliphatic rings. The lowest BCUT2D eigenvalue weighted by atomic mass is 10.1. The quantitative estimate of drug-likeness (QED) is 0.157. The molecule has 14 rings (SSSR count). The number of carbonyl (C=O) groups excluding carboxylic acids is 1. The first-order valence-electron chi connectivity index (χ1n) is 30.3. The van der Waals surface area contributed by atoms with E-state index in [1.54, 1.807) is 45.5 Å². The van der Waals surface area contributed by atoms with Crippen molar-refractivity contribution in [3.05, 3.63) is 207 Å². The van der Waals surface area contributed by atoms with Gasteiger partial charge in [-0.25, -0.2) is 24.8 Å². The molecule has 0 fully saturated rings. The lowest BCUT2D eigenvalue weighted by molar-refractivity contribution is -0.135. The van der Waals surface area contributed by atoms with Crippen molar-refractivity contribution in [1.82, 2.24) is 43.5 Å². The molecule has 0 aliphatic carbocycles. The highest BCUT2D eigenvalue weighted by Crippen LogP contribution is 2.32. The highest BCUT2D eigenvalue weighted by Gasteiger charge is 2.23. The van der Waals surface area contributed by atoms with Crippen molar-refractivity contribution in [1.29, 1.82) is 0 Å². The van der Waals surface area contributed by atoms with Gasteiger partial charge in [0.2, 0.25) is 6.79 Å². The van der Waals surface area contributed by atoms with Gasteiger partial charge in [0, 0.05) is 62.0 Å². The summed E-state index contributed by atoms with van der Waals surface area (Å²) < 4.78 is 22.6. The van der Waals surface area contributed by atoms with Crippen LogP contribution in [0.2, 0.25) is 0 Å². The number of allylic oxidation sites excluding steroid dienone is 2. The zero-order chi connectivity index (χ0) is 64.6. The van der Waals surface area contributed by atoms with E-state index < -0.39 is 0 Å². The number of imidazole rings is 3. The highest BCUT2D eigenvalue weighted by molar-refractivity contribution is 7.16. The van der Waals surface area contributed by atoms with Gasteiger partial charge < -0.3 is 23.8 Å². The van der Waals surface area contributed by atoms with E-state index in [0.717, 1.165) is 69.4 Å². The van der Waals surface area contributed by atoms with Crippen LogP contribution in [0.25, 0.3) is 37.2 Å². The molecule has 0 saturated carbocycles. The third-order valence-corrected chi connectivity index (χ3v) is 13.2. The maximum absolute atomic E-state index is 11.5. The highest BCUT2D eigenvalue weighted by atomic mass is 32.1. The fraction of sp³-hybridized carbons (Fsp3) is 0.357. The number of ether oxygens (including phenoxy) is 3. The Morgan fingerprint density at radius 2 is 1.19 bits per heavy atom. The van der Waals surface area contributed by atoms with Crippen molar-refractivity contribution in [2.24, 2.45) is 14.1 Å². The van der Waals surface area contributed by atoms with Gasteiger partial charge in [-0.05, 0) is 118 Å². The van der Waals surface area contributed by atoms with Crippen LogP contribution in [-0.4, -0.2) is 69.3 Å². The number of amides is 1. The Hall–Kier alpha value is -8.21. The number of aryl methyl sites for hydroxylation is 6. The predicted molar refractivity (Wildman–Crippen MR) is 369 cm³/mol. The fourth-order valence-corrected chi connectivity index (χ4v) is 9.17. The van der Waals surface area contributed by atoms with Crippen LogP contribution in [0.3, 0.4) is 0 Å². The van der Waals surface area contributed by atoms with E-state index in [-0.39, 0.29) is 11.6 Å². The molecule has 10 aromatic rings. The fourth-order valence-electron chi connectivity index (χ4n) is 7.66. The summed E-state index contributed by atoms with van der Waals surface area (Å²) in [7, 11) is 3.75. The first kappa shape index (κ1) is 75.8. The number of hydrogen-bond acceptors (Lipinski definition) is 11. The Morgan fingerprint density at radius 1 is 0.581 bits per heavy atom. The summed E-state index contributed by atoms with van der Waals surface area (Å²) in [5.74, 6) is 2.85. The Bertz CT molecular complexity index is 3540. The van der Waals surface area contributed by atoms with Crippen LogP contribution in [0, 0.1) is 27.7 Å². The van der Waals surface area contributed by atoms with E-state index in [0.29, 0.717) is 6.79 Å². The minimum absolute atomic E-state index is 0.0573. The number of hydrazine groups is 1. The summed E-state index contributed by atoms with van der Waals surface area (Å²) in [4.78, 5) is 38.9. The second-order valence-corrected chi connectivity index (χ2v) is 18.8. The minimum atomic E-state index is -0.0637. The van der Waals surface area contributed by atoms with Crippen LogP contribution in [0.15, 0.2) is 174 Å². The summed E-state index contributed by atoms with van der Waals surface area (Å²) in [5, 5.41) is 5.53. The number of carbonyl (C=O) groups is 1. The van der Waals surface area contributed by atoms with Crippen molar-refractivity contribution in [3.8, 4) is 17.2 Å². The average Bonchev–Trinajstić information content (AvgIpc) is 4.60. The Morgan fingerprint density at radius 3 is 1.86 bits per heavy atom. The molecule has 16 heteroatoms. The summed E-state index contributed by atoms with van der Waals surface area (Å²) in [5.41, 5.74) is 14.2. The van der Waals surface area contributed by atoms with E-state index in [9.17, 15) is 9.59 Å². The monoisotopic (exact) mass is 1210 g/mol. The number of nitrogens with one attached hydrogen (secondary N) is 1. The molecule has 5 aromatic carbocycles. The van der Waals surface area contributed by atoms with Gasteiger partial charge in [0.25, 0.3) is 5.91 Å². The lowest BCUT2D eigenvalue weighted by Gasteiger charge is -2.35. The maximum Gasteiger partial charge on any atom is 0.326 e. The number of rotatable bonds is 0. The summed E-state index contributed by atoms with van der Waals surface area (Å²) in [6.07, 6.45) is 16.2. The summed E-state index contributed by atoms with van der Waals surface area (Å²) in [6.45, 7) is 40.1. The molecule has 0 unspecified atom stereocenters. The van der Waals surface area contributed by atoms with E-state index in [1.165, 1.54) is 38.2 Å². The molecule has 0 bridgehead atoms. The standard InChI is InChI=1S/C9H10N2O.C9H10O.C8H8N2O.C8H8N2.C8H7NS.C8H8O2.C6H6N2S.7C2H6/c1-8-4-7-10-5-2-3-6-11(10)9(8)12;1-7-2-3-9-8(6-7)4-5-10-9;1-10-7-5-3-2-4-6(7)9-8(10)11;1-10-6-9-7-4-2-3-5-8(7)10;2*1-6-2-3-7-8(4-6)10-5-9-7;1-5-4-7-6-8(5)2-3-9-6;7*1-2/h2-6H,7H2,1H3;2-3,6H,4-5H2,1H3;2-5H,1H3,(H,9,11);2-6H,1H3;2-5H,1H3;2-4H,5H2,1H3;2-4H,1H3;7*1-2H3. The van der Waals surface area contributed by atoms with Gasteiger partial charge >= 0.3 is 5.69 Å². The number of benzene rings is 5. The molecular formula is C70H99N9O5S2. The molecule has 9 heterocycles. The Labute approximate surface area is 522 Å². The van der Waals surface area contributed by atoms with Gasteiger partial charge in [-0.2, -0.15) is 0 Å². The second kappa shape index (κ2) is 43.4. The molecule has 5 aromatic heterocycles. The van der Waals surface area contributed by atoms with Crippen LogP contribution in [0.1, 0.15) is 132 Å². The number of fused-ring (bicyclic) bond motifs is 7. The zero-order valence-electron chi connectivity index (χ0n) is 55.4. The number of H-pyrrole nitrogens is 1. The third kappa shape index (κ3) is 23.3. The smallest absolute Gasteiger partial charge is 0.326 e. The molecule has 1 N–H and O–H groups in total. The van der Waals surface area contributed by atoms with E-state index in [1.807, 2.05) is 249 Å². The second-order valence-electron chi connectivity index (χ2n) is 17.0. The first-order valence-corrected chi connectivity index (χ1v) is 32.0. The normalized spacial score (nSPS) is 11.6. The first-order chi connectivity index (χ1) is 41.9. The van der Waals surface area contributed by atoms with Crippen LogP contribution in [0.5, 0.6) is 17.2 Å². The van der Waals surface area contributed by atoms with Crippen molar-refractivity contribution < 1.29 is 19.0 Å². The third-order valence-electron chi connectivity index (χ3n) is 11.6. The molecule has 86 heavy (non-hydrogen) atoms. The number of para-hydroxylation sites is 4. The van der Waals surface area contributed by atoms with Crippen LogP contribution in [-0.2, 0) is 25.3 Å². The van der Waals surface area contributed by atoms with Gasteiger partial charge in [-0.15, -0.1) is 22.7 Å². The zero-order valence-corrected chi connectivity index (χ0v) is 57.0. The Balaban J connectivity index is 0.000000485. The lowest BCUT2D eigenvalue weighted by Crippen LogP contribution is -2.44. The van der Waals surface area contributed by atoms with Gasteiger partial charge in [0.05, 0.1) is 57.3 Å². The average molecular weight is 1210 g/mol. The largest absolute Gasteiger partial charge is 0.493 e. The van der Waals surface area contributed by atoms with Gasteiger partial charge in [-0.1, -0.05) is 157 Å². The molecule has 0 saturated heterocycles. The summed E-state index contributed by atoms with van der Waals surface area (Å²) >= 11 is 3.35. The molecule has 4 aliphatic heterocycles. The van der Waals surface area contributed by atoms with Crippen molar-refractivity contribution in [2.45, 2.75) is 138 Å². The topological polar surface area (TPSA) is 137 Å². The molecule has 0 spiro atoms. The van der Waals surface area contributed by atoms with Crippen LogP contribution in [0.4, 0.5) is 0 Å². The molecule has 0 atom stereocenters. The number of aromatic nitrogens is 7. The van der Waals surface area contributed by atoms with Crippen LogP contribution >= 0.6 is 22.7 Å². The van der Waals surface area contributed by atoms with Gasteiger partial charge in [-0.3, -0.25) is 18.8 Å². The Kier molecular flexibility index (Phi) is 38.3. The van der Waals surface area contributed by atoms with Crippen molar-refractivity contribution in [3.63, 3.8) is 0 Å². The molecular weight excluding hydrogens is 1110 g/mol. The SMILES string of the molecule is CC.CC.CC.CC.CC.CC.CC.CC1=CCN2C=CC=CN2C1=O.Cc1ccc2c(c1)CCO2.Cc1ccc2c(c1)OCO2.Cc1ccc2ncsc2c1.Cc1cnc2sccn12.Cn1c(=O)[nH]c2ccccc21.Cn1cnc2ccccc21.